The van der Waals surface area contributed by atoms with Crippen molar-refractivity contribution in [2.24, 2.45) is 0 Å². The van der Waals surface area contributed by atoms with Crippen LogP contribution >= 0.6 is 0 Å². The maximum Gasteiger partial charge on any atom is 0.307 e. The number of carboxylic acids is 1. The van der Waals surface area contributed by atoms with E-state index in [1.54, 1.807) is 19.2 Å². The number of hydrogen-bond acceptors (Lipinski definition) is 3. The van der Waals surface area contributed by atoms with Crippen LogP contribution in [0.5, 0.6) is 5.75 Å². The summed E-state index contributed by atoms with van der Waals surface area (Å²) in [6, 6.07) is 3.60. The van der Waals surface area contributed by atoms with Crippen molar-refractivity contribution in [3.8, 4) is 5.75 Å². The summed E-state index contributed by atoms with van der Waals surface area (Å²) in [5, 5.41) is 8.51. The highest BCUT2D eigenvalue weighted by Crippen LogP contribution is 2.11. The first-order valence-corrected chi connectivity index (χ1v) is 4.39. The fourth-order valence-corrected chi connectivity index (χ4v) is 1.04. The second-order valence-corrected chi connectivity index (χ2v) is 3.16. The summed E-state index contributed by atoms with van der Waals surface area (Å²) in [4.78, 5) is 14.4. The van der Waals surface area contributed by atoms with Crippen molar-refractivity contribution in [1.82, 2.24) is 4.98 Å². The maximum absolute atomic E-state index is 10.4. The van der Waals surface area contributed by atoms with Crippen molar-refractivity contribution < 1.29 is 14.6 Å². The highest BCUT2D eigenvalue weighted by molar-refractivity contribution is 5.67. The van der Waals surface area contributed by atoms with Crippen molar-refractivity contribution in [3.63, 3.8) is 0 Å². The number of carboxylic acid groups (broad SMARTS) is 1. The predicted octanol–water partition coefficient (Wildman–Crippen LogP) is 1.63. The van der Waals surface area contributed by atoms with Crippen LogP contribution in [0.25, 0.3) is 0 Å². The number of aromatic nitrogens is 1. The first kappa shape index (κ1) is 10.5. The molecule has 0 aromatic carbocycles. The standard InChI is InChI=1S/C10H13NO3/c1-7-3-4-9(6-11-7)14-8(2)5-10(12)13/h3-4,6,8H,5H2,1-2H3,(H,12,13). The topological polar surface area (TPSA) is 59.4 Å². The average Bonchev–Trinajstić information content (AvgIpc) is 2.07. The smallest absolute Gasteiger partial charge is 0.307 e. The summed E-state index contributed by atoms with van der Waals surface area (Å²) < 4.78 is 5.34. The molecule has 1 rings (SSSR count). The van der Waals surface area contributed by atoms with E-state index in [0.717, 1.165) is 5.69 Å². The van der Waals surface area contributed by atoms with Crippen LogP contribution in [0.4, 0.5) is 0 Å². The van der Waals surface area contributed by atoms with Crippen molar-refractivity contribution in [3.05, 3.63) is 24.0 Å². The Bertz CT molecular complexity index is 308. The molecule has 1 heterocycles. The van der Waals surface area contributed by atoms with Gasteiger partial charge in [0, 0.05) is 5.69 Å². The molecule has 0 aliphatic carbocycles. The van der Waals surface area contributed by atoms with Gasteiger partial charge in [-0.05, 0) is 26.0 Å². The molecular formula is C10H13NO3. The van der Waals surface area contributed by atoms with E-state index in [1.807, 2.05) is 13.0 Å². The van der Waals surface area contributed by atoms with Crippen LogP contribution in [-0.4, -0.2) is 22.2 Å². The van der Waals surface area contributed by atoms with Gasteiger partial charge in [-0.25, -0.2) is 0 Å². The molecule has 0 aliphatic rings. The number of hydrogen-bond donors (Lipinski definition) is 1. The van der Waals surface area contributed by atoms with Crippen molar-refractivity contribution >= 4 is 5.97 Å². The molecule has 0 bridgehead atoms. The van der Waals surface area contributed by atoms with E-state index in [-0.39, 0.29) is 12.5 Å². The third-order valence-electron chi connectivity index (χ3n) is 1.68. The fourth-order valence-electron chi connectivity index (χ4n) is 1.04. The average molecular weight is 195 g/mol. The maximum atomic E-state index is 10.4. The Hall–Kier alpha value is -1.58. The molecule has 0 spiro atoms. The first-order chi connectivity index (χ1) is 6.58. The number of aliphatic carboxylic acids is 1. The lowest BCUT2D eigenvalue weighted by Gasteiger charge is -2.11. The second kappa shape index (κ2) is 4.60. The zero-order valence-corrected chi connectivity index (χ0v) is 8.23. The Balaban J connectivity index is 2.51. The summed E-state index contributed by atoms with van der Waals surface area (Å²) in [7, 11) is 0. The lowest BCUT2D eigenvalue weighted by molar-refractivity contribution is -0.138. The van der Waals surface area contributed by atoms with Gasteiger partial charge in [0.05, 0.1) is 12.6 Å². The summed E-state index contributed by atoms with van der Waals surface area (Å²) >= 11 is 0. The van der Waals surface area contributed by atoms with E-state index >= 15 is 0 Å². The molecule has 1 unspecified atom stereocenters. The minimum atomic E-state index is -0.863. The van der Waals surface area contributed by atoms with Gasteiger partial charge in [0.1, 0.15) is 11.9 Å². The van der Waals surface area contributed by atoms with E-state index in [2.05, 4.69) is 4.98 Å². The molecule has 4 nitrogen and oxygen atoms in total. The van der Waals surface area contributed by atoms with Gasteiger partial charge in [0.2, 0.25) is 0 Å². The molecule has 1 aromatic rings. The van der Waals surface area contributed by atoms with Crippen LogP contribution in [0.15, 0.2) is 18.3 Å². The molecule has 0 fully saturated rings. The lowest BCUT2D eigenvalue weighted by Crippen LogP contribution is -2.16. The molecular weight excluding hydrogens is 182 g/mol. The fraction of sp³-hybridized carbons (Fsp3) is 0.400. The normalized spacial score (nSPS) is 12.1. The van der Waals surface area contributed by atoms with Crippen molar-refractivity contribution in [2.75, 3.05) is 0 Å². The molecule has 14 heavy (non-hydrogen) atoms. The Morgan fingerprint density at radius 1 is 1.64 bits per heavy atom. The van der Waals surface area contributed by atoms with Crippen LogP contribution in [0.3, 0.4) is 0 Å². The highest BCUT2D eigenvalue weighted by Gasteiger charge is 2.08. The predicted molar refractivity (Wildman–Crippen MR) is 51.3 cm³/mol. The molecule has 4 heteroatoms. The number of nitrogens with zero attached hydrogens (tertiary/aromatic N) is 1. The Morgan fingerprint density at radius 3 is 2.86 bits per heavy atom. The Morgan fingerprint density at radius 2 is 2.36 bits per heavy atom. The summed E-state index contributed by atoms with van der Waals surface area (Å²) in [6.45, 7) is 3.60. The van der Waals surface area contributed by atoms with E-state index in [0.29, 0.717) is 5.75 Å². The summed E-state index contributed by atoms with van der Waals surface area (Å²) in [5.41, 5.74) is 0.906. The number of pyridine rings is 1. The number of rotatable bonds is 4. The third kappa shape index (κ3) is 3.43. The monoisotopic (exact) mass is 195 g/mol. The van der Waals surface area contributed by atoms with Gasteiger partial charge in [-0.15, -0.1) is 0 Å². The first-order valence-electron chi connectivity index (χ1n) is 4.39. The molecule has 1 atom stereocenters. The van der Waals surface area contributed by atoms with Crippen molar-refractivity contribution in [2.45, 2.75) is 26.4 Å². The number of carbonyl (C=O) groups is 1. The zero-order chi connectivity index (χ0) is 10.6. The molecule has 0 radical (unpaired) electrons. The van der Waals surface area contributed by atoms with Gasteiger partial charge < -0.3 is 9.84 Å². The molecule has 0 saturated heterocycles. The van der Waals surface area contributed by atoms with E-state index in [1.165, 1.54) is 0 Å². The molecule has 0 aliphatic heterocycles. The Labute approximate surface area is 82.5 Å². The van der Waals surface area contributed by atoms with E-state index < -0.39 is 5.97 Å². The largest absolute Gasteiger partial charge is 0.489 e. The molecule has 76 valence electrons. The molecule has 1 aromatic heterocycles. The Kier molecular flexibility index (Phi) is 3.45. The van der Waals surface area contributed by atoms with Crippen LogP contribution in [0.2, 0.25) is 0 Å². The minimum Gasteiger partial charge on any atom is -0.489 e. The van der Waals surface area contributed by atoms with Crippen molar-refractivity contribution in [1.29, 1.82) is 0 Å². The second-order valence-electron chi connectivity index (χ2n) is 3.16. The summed E-state index contributed by atoms with van der Waals surface area (Å²) in [6.07, 6.45) is 1.25. The number of ether oxygens (including phenoxy) is 1. The summed E-state index contributed by atoms with van der Waals surface area (Å²) in [5.74, 6) is -0.262. The molecule has 0 saturated carbocycles. The van der Waals surface area contributed by atoms with E-state index in [9.17, 15) is 4.79 Å². The van der Waals surface area contributed by atoms with Crippen LogP contribution in [0, 0.1) is 6.92 Å². The molecule has 0 amide bonds. The highest BCUT2D eigenvalue weighted by atomic mass is 16.5. The van der Waals surface area contributed by atoms with Crippen LogP contribution in [0.1, 0.15) is 19.0 Å². The van der Waals surface area contributed by atoms with E-state index in [4.69, 9.17) is 9.84 Å². The lowest BCUT2D eigenvalue weighted by atomic mass is 10.3. The molecule has 1 N–H and O–H groups in total. The van der Waals surface area contributed by atoms with Crippen LogP contribution in [-0.2, 0) is 4.79 Å². The van der Waals surface area contributed by atoms with Gasteiger partial charge in [-0.2, -0.15) is 0 Å². The van der Waals surface area contributed by atoms with Gasteiger partial charge in [0.25, 0.3) is 0 Å². The van der Waals surface area contributed by atoms with Gasteiger partial charge in [-0.1, -0.05) is 0 Å². The van der Waals surface area contributed by atoms with Crippen LogP contribution < -0.4 is 4.74 Å². The van der Waals surface area contributed by atoms with Gasteiger partial charge in [-0.3, -0.25) is 9.78 Å². The zero-order valence-electron chi connectivity index (χ0n) is 8.23. The quantitative estimate of drug-likeness (QED) is 0.793. The van der Waals surface area contributed by atoms with Gasteiger partial charge in [0.15, 0.2) is 0 Å². The SMILES string of the molecule is Cc1ccc(OC(C)CC(=O)O)cn1. The number of aryl methyl sites for hydroxylation is 1. The van der Waals surface area contributed by atoms with Gasteiger partial charge >= 0.3 is 5.97 Å². The minimum absolute atomic E-state index is 0.00607. The third-order valence-corrected chi connectivity index (χ3v) is 1.68.